The van der Waals surface area contributed by atoms with Crippen LogP contribution in [-0.2, 0) is 14.3 Å². The molecule has 0 bridgehead atoms. The minimum absolute atomic E-state index is 0.118. The molecule has 6 aliphatic rings. The first-order valence-corrected chi connectivity index (χ1v) is 17.9. The van der Waals surface area contributed by atoms with Crippen molar-refractivity contribution in [3.8, 4) is 0 Å². The average molecular weight is 580 g/mol. The number of Topliss-reactive ketones (excluding diaryl/α,β-unsaturated/α-hetero) is 1. The van der Waals surface area contributed by atoms with Crippen LogP contribution >= 0.6 is 0 Å². The van der Waals surface area contributed by atoms with Gasteiger partial charge in [0, 0.05) is 18.4 Å². The Kier molecular flexibility index (Phi) is 7.88. The third kappa shape index (κ3) is 4.37. The predicted molar refractivity (Wildman–Crippen MR) is 170 cm³/mol. The fraction of sp³-hybridized carbons (Fsp3) is 0.895. The highest BCUT2D eigenvalue weighted by Crippen LogP contribution is 2.77. The van der Waals surface area contributed by atoms with E-state index in [0.717, 1.165) is 51.5 Å². The third-order valence-corrected chi connectivity index (χ3v) is 15.5. The number of piperidine rings is 1. The highest BCUT2D eigenvalue weighted by atomic mass is 16.5. The van der Waals surface area contributed by atoms with E-state index in [4.69, 9.17) is 4.74 Å². The molecule has 42 heavy (non-hydrogen) atoms. The van der Waals surface area contributed by atoms with Gasteiger partial charge in [-0.2, -0.15) is 0 Å². The second-order valence-corrected chi connectivity index (χ2v) is 17.4. The van der Waals surface area contributed by atoms with Crippen LogP contribution < -0.4 is 0 Å². The van der Waals surface area contributed by atoms with Crippen LogP contribution in [0.1, 0.15) is 131 Å². The lowest BCUT2D eigenvalue weighted by Gasteiger charge is -2.72. The molecule has 1 aliphatic heterocycles. The van der Waals surface area contributed by atoms with Crippen LogP contribution in [0.5, 0.6) is 0 Å². The Bertz CT molecular complexity index is 1090. The number of hydrogen-bond donors (Lipinski definition) is 0. The van der Waals surface area contributed by atoms with Gasteiger partial charge >= 0.3 is 5.97 Å². The zero-order chi connectivity index (χ0) is 30.1. The topological polar surface area (TPSA) is 46.6 Å². The molecule has 236 valence electrons. The minimum atomic E-state index is -0.331. The Morgan fingerprint density at radius 2 is 1.62 bits per heavy atom. The van der Waals surface area contributed by atoms with Crippen LogP contribution in [0.25, 0.3) is 0 Å². The van der Waals surface area contributed by atoms with Crippen LogP contribution in [0.3, 0.4) is 0 Å². The highest BCUT2D eigenvalue weighted by Gasteiger charge is 2.72. The van der Waals surface area contributed by atoms with Gasteiger partial charge in [-0.1, -0.05) is 53.2 Å². The lowest BCUT2D eigenvalue weighted by Crippen LogP contribution is -2.66. The Morgan fingerprint density at radius 3 is 2.33 bits per heavy atom. The lowest BCUT2D eigenvalue weighted by molar-refractivity contribution is -0.236. The summed E-state index contributed by atoms with van der Waals surface area (Å²) in [4.78, 5) is 29.8. The molecule has 6 rings (SSSR count). The minimum Gasteiger partial charge on any atom is -0.465 e. The zero-order valence-electron chi connectivity index (χ0n) is 28.0. The number of carbonyl (C=O) groups is 2. The van der Waals surface area contributed by atoms with Gasteiger partial charge in [0.1, 0.15) is 5.78 Å². The summed E-state index contributed by atoms with van der Waals surface area (Å²) < 4.78 is 6.24. The molecule has 0 aromatic rings. The summed E-state index contributed by atoms with van der Waals surface area (Å²) in [5.41, 5.74) is 1.41. The van der Waals surface area contributed by atoms with E-state index in [1.54, 1.807) is 0 Å². The molecule has 0 radical (unpaired) electrons. The fourth-order valence-electron chi connectivity index (χ4n) is 13.1. The first kappa shape index (κ1) is 30.8. The lowest BCUT2D eigenvalue weighted by atomic mass is 9.32. The molecule has 0 unspecified atom stereocenters. The standard InChI is InChI=1S/C38H61NO3/c1-26(2)27-14-19-38(33(41)42-25-11-24-39-22-9-8-10-23-39)21-20-36(6)28(32(27)38)12-13-30-35(5)17-16-31(40)34(3,4)29(35)15-18-37(30,36)7/h27-30,32H,1,8-25H2,2-7H3/t27-,28+,29-,30+,32+,35-,36+,37+,38-/m0/s1. The molecule has 6 fully saturated rings. The Labute approximate surface area is 257 Å². The van der Waals surface area contributed by atoms with Gasteiger partial charge in [-0.15, -0.1) is 0 Å². The molecule has 4 heteroatoms. The summed E-state index contributed by atoms with van der Waals surface area (Å²) >= 11 is 0. The molecule has 0 amide bonds. The van der Waals surface area contributed by atoms with E-state index >= 15 is 0 Å². The van der Waals surface area contributed by atoms with Crippen molar-refractivity contribution in [1.29, 1.82) is 0 Å². The highest BCUT2D eigenvalue weighted by molar-refractivity contribution is 5.85. The number of carbonyl (C=O) groups excluding carboxylic acids is 2. The van der Waals surface area contributed by atoms with Crippen LogP contribution in [-0.4, -0.2) is 42.9 Å². The van der Waals surface area contributed by atoms with E-state index in [9.17, 15) is 9.59 Å². The summed E-state index contributed by atoms with van der Waals surface area (Å²) in [5, 5.41) is 0. The van der Waals surface area contributed by atoms with Crippen molar-refractivity contribution in [2.24, 2.45) is 56.7 Å². The van der Waals surface area contributed by atoms with Crippen LogP contribution in [0.2, 0.25) is 0 Å². The molecule has 1 heterocycles. The van der Waals surface area contributed by atoms with Gasteiger partial charge in [0.2, 0.25) is 0 Å². The van der Waals surface area contributed by atoms with Gasteiger partial charge in [-0.3, -0.25) is 9.59 Å². The third-order valence-electron chi connectivity index (χ3n) is 15.5. The molecule has 4 nitrogen and oxygen atoms in total. The second kappa shape index (κ2) is 10.7. The number of hydrogen-bond acceptors (Lipinski definition) is 4. The smallest absolute Gasteiger partial charge is 0.312 e. The van der Waals surface area contributed by atoms with Gasteiger partial charge in [-0.05, 0) is 143 Å². The normalized spacial score (nSPS) is 46.6. The SMILES string of the molecule is C=C(C)[C@@H]1CC[C@]2(C(=O)OCCCN3CCCCC3)CC[C@]3(C)[C@H](CC[C@@H]4[C@@]5(C)CCC(=O)C(C)(C)[C@@H]5CC[C@]43C)[C@@H]12. The van der Waals surface area contributed by atoms with Crippen molar-refractivity contribution in [1.82, 2.24) is 4.90 Å². The molecule has 0 aromatic carbocycles. The molecule has 5 aliphatic carbocycles. The monoisotopic (exact) mass is 579 g/mol. The van der Waals surface area contributed by atoms with E-state index in [2.05, 4.69) is 53.0 Å². The van der Waals surface area contributed by atoms with E-state index in [1.165, 1.54) is 63.6 Å². The van der Waals surface area contributed by atoms with E-state index < -0.39 is 0 Å². The Balaban J connectivity index is 1.25. The summed E-state index contributed by atoms with van der Waals surface area (Å²) in [6.45, 7) is 23.1. The van der Waals surface area contributed by atoms with Crippen molar-refractivity contribution < 1.29 is 14.3 Å². The van der Waals surface area contributed by atoms with Crippen molar-refractivity contribution >= 4 is 11.8 Å². The van der Waals surface area contributed by atoms with Crippen LogP contribution in [0.4, 0.5) is 0 Å². The number of esters is 1. The maximum absolute atomic E-state index is 14.2. The predicted octanol–water partition coefficient (Wildman–Crippen LogP) is 8.63. The summed E-state index contributed by atoms with van der Waals surface area (Å²) in [7, 11) is 0. The van der Waals surface area contributed by atoms with Crippen LogP contribution in [0.15, 0.2) is 12.2 Å². The van der Waals surface area contributed by atoms with Crippen molar-refractivity contribution in [2.75, 3.05) is 26.2 Å². The van der Waals surface area contributed by atoms with Crippen molar-refractivity contribution in [3.05, 3.63) is 12.2 Å². The van der Waals surface area contributed by atoms with Gasteiger partial charge in [-0.25, -0.2) is 0 Å². The van der Waals surface area contributed by atoms with E-state index in [1.807, 2.05) is 0 Å². The molecule has 1 saturated heterocycles. The van der Waals surface area contributed by atoms with E-state index in [-0.39, 0.29) is 33.0 Å². The number of nitrogens with zero attached hydrogens (tertiary/aromatic N) is 1. The molecule has 0 spiro atoms. The Morgan fingerprint density at radius 1 is 0.881 bits per heavy atom. The van der Waals surface area contributed by atoms with Gasteiger partial charge < -0.3 is 9.64 Å². The second-order valence-electron chi connectivity index (χ2n) is 17.4. The first-order valence-electron chi connectivity index (χ1n) is 17.9. The number of ketones is 1. The number of ether oxygens (including phenoxy) is 1. The molecular formula is C38H61NO3. The maximum atomic E-state index is 14.2. The summed E-state index contributed by atoms with van der Waals surface area (Å²) in [5.74, 6) is 3.06. The molecule has 9 atom stereocenters. The molecule has 5 saturated carbocycles. The number of fused-ring (bicyclic) bond motifs is 7. The quantitative estimate of drug-likeness (QED) is 0.179. The van der Waals surface area contributed by atoms with Crippen LogP contribution in [0, 0.1) is 56.7 Å². The molecule has 0 aromatic heterocycles. The summed E-state index contributed by atoms with van der Waals surface area (Å²) in [6, 6.07) is 0. The Hall–Kier alpha value is -1.16. The number of allylic oxidation sites excluding steroid dienone is 1. The summed E-state index contributed by atoms with van der Waals surface area (Å²) in [6.07, 6.45) is 15.8. The largest absolute Gasteiger partial charge is 0.465 e. The van der Waals surface area contributed by atoms with E-state index in [0.29, 0.717) is 42.0 Å². The molecular weight excluding hydrogens is 518 g/mol. The maximum Gasteiger partial charge on any atom is 0.312 e. The average Bonchev–Trinajstić information content (AvgIpc) is 3.36. The van der Waals surface area contributed by atoms with Crippen molar-refractivity contribution in [2.45, 2.75) is 131 Å². The van der Waals surface area contributed by atoms with Crippen molar-refractivity contribution in [3.63, 3.8) is 0 Å². The number of rotatable bonds is 6. The van der Waals surface area contributed by atoms with Gasteiger partial charge in [0.15, 0.2) is 0 Å². The number of likely N-dealkylation sites (tertiary alicyclic amines) is 1. The first-order chi connectivity index (χ1) is 19.8. The fourth-order valence-corrected chi connectivity index (χ4v) is 13.1. The zero-order valence-corrected chi connectivity index (χ0v) is 28.0. The van der Waals surface area contributed by atoms with Gasteiger partial charge in [0.25, 0.3) is 0 Å². The molecule has 0 N–H and O–H groups in total. The van der Waals surface area contributed by atoms with Gasteiger partial charge in [0.05, 0.1) is 12.0 Å².